The van der Waals surface area contributed by atoms with E-state index >= 15 is 0 Å². The molecular weight excluding hydrogens is 611 g/mol. The summed E-state index contributed by atoms with van der Waals surface area (Å²) in [5.74, 6) is 0. The van der Waals surface area contributed by atoms with E-state index in [0.29, 0.717) is 0 Å². The van der Waals surface area contributed by atoms with E-state index in [-0.39, 0.29) is 10.8 Å². The van der Waals surface area contributed by atoms with Crippen molar-refractivity contribution >= 4 is 48.6 Å². The Labute approximate surface area is 294 Å². The lowest BCUT2D eigenvalue weighted by Crippen LogP contribution is -2.29. The Morgan fingerprint density at radius 3 is 1.88 bits per heavy atom. The fourth-order valence-corrected chi connectivity index (χ4v) is 10.2. The van der Waals surface area contributed by atoms with Crippen LogP contribution in [0.4, 0.5) is 17.1 Å². The normalized spacial score (nSPS) is 16.5. The van der Waals surface area contributed by atoms with Gasteiger partial charge in [0, 0.05) is 48.1 Å². The van der Waals surface area contributed by atoms with E-state index in [1.54, 1.807) is 0 Å². The van der Waals surface area contributed by atoms with Crippen LogP contribution in [-0.4, -0.2) is 0 Å². The molecule has 0 N–H and O–H groups in total. The van der Waals surface area contributed by atoms with E-state index in [2.05, 4.69) is 158 Å². The van der Waals surface area contributed by atoms with Crippen molar-refractivity contribution in [3.05, 3.63) is 162 Å². The van der Waals surface area contributed by atoms with Gasteiger partial charge < -0.3 is 4.90 Å². The van der Waals surface area contributed by atoms with Crippen molar-refractivity contribution in [1.82, 2.24) is 0 Å². The zero-order valence-corrected chi connectivity index (χ0v) is 29.4. The first-order valence-corrected chi connectivity index (χ1v) is 19.0. The number of anilines is 3. The van der Waals surface area contributed by atoms with Crippen molar-refractivity contribution in [2.75, 3.05) is 4.90 Å². The molecule has 7 aromatic rings. The summed E-state index contributed by atoms with van der Waals surface area (Å²) in [6.45, 7) is 4.72. The summed E-state index contributed by atoms with van der Waals surface area (Å²) in [6, 6.07) is 53.0. The van der Waals surface area contributed by atoms with Gasteiger partial charge in [0.25, 0.3) is 0 Å². The van der Waals surface area contributed by atoms with Gasteiger partial charge in [-0.05, 0) is 88.7 Å². The molecular formula is C47H43NS. The predicted molar refractivity (Wildman–Crippen MR) is 211 cm³/mol. The van der Waals surface area contributed by atoms with E-state index in [0.717, 1.165) is 0 Å². The summed E-state index contributed by atoms with van der Waals surface area (Å²) >= 11 is 1.89. The minimum Gasteiger partial charge on any atom is -0.310 e. The van der Waals surface area contributed by atoms with Gasteiger partial charge >= 0.3 is 0 Å². The van der Waals surface area contributed by atoms with Crippen LogP contribution in [0.2, 0.25) is 0 Å². The topological polar surface area (TPSA) is 3.24 Å². The lowest BCUT2D eigenvalue weighted by atomic mass is 9.67. The summed E-state index contributed by atoms with van der Waals surface area (Å²) in [5, 5.41) is 2.67. The molecule has 1 aromatic heterocycles. The van der Waals surface area contributed by atoms with Gasteiger partial charge in [0.1, 0.15) is 0 Å². The Balaban J connectivity index is 1.20. The van der Waals surface area contributed by atoms with E-state index in [1.807, 2.05) is 11.3 Å². The summed E-state index contributed by atoms with van der Waals surface area (Å²) in [7, 11) is 0. The molecule has 49 heavy (non-hydrogen) atoms. The van der Waals surface area contributed by atoms with Gasteiger partial charge in [-0.2, -0.15) is 0 Å². The zero-order valence-electron chi connectivity index (χ0n) is 28.6. The molecule has 1 fully saturated rings. The van der Waals surface area contributed by atoms with Crippen LogP contribution < -0.4 is 4.90 Å². The van der Waals surface area contributed by atoms with Gasteiger partial charge in [0.2, 0.25) is 0 Å². The summed E-state index contributed by atoms with van der Waals surface area (Å²) in [5.41, 5.74) is 12.1. The number of thiophene rings is 1. The lowest BCUT2D eigenvalue weighted by molar-refractivity contribution is 0.366. The molecule has 0 unspecified atom stereocenters. The minimum atomic E-state index is -0.0176. The molecule has 1 saturated carbocycles. The van der Waals surface area contributed by atoms with Crippen LogP contribution in [0.3, 0.4) is 0 Å². The number of hydrogen-bond donors (Lipinski definition) is 0. The Bertz CT molecular complexity index is 2280. The van der Waals surface area contributed by atoms with Gasteiger partial charge in [-0.3, -0.25) is 0 Å². The fourth-order valence-electron chi connectivity index (χ4n) is 9.09. The van der Waals surface area contributed by atoms with Crippen LogP contribution in [0.1, 0.15) is 81.0 Å². The Morgan fingerprint density at radius 2 is 1.06 bits per heavy atom. The maximum atomic E-state index is 2.48. The largest absolute Gasteiger partial charge is 0.310 e. The molecule has 9 rings (SSSR count). The van der Waals surface area contributed by atoms with Gasteiger partial charge in [0.05, 0.1) is 0 Å². The monoisotopic (exact) mass is 653 g/mol. The van der Waals surface area contributed by atoms with Crippen LogP contribution in [0.25, 0.3) is 31.3 Å². The van der Waals surface area contributed by atoms with Crippen LogP contribution in [-0.2, 0) is 10.8 Å². The van der Waals surface area contributed by atoms with E-state index in [1.165, 1.54) is 116 Å². The quantitative estimate of drug-likeness (QED) is 0.179. The number of nitrogens with zero attached hydrogens (tertiary/aromatic N) is 1. The SMILES string of the molecule is CC1(C)c2ccccc2-c2cc(N(c3ccc(C4(c5ccccc5)CCCCCCC4)cc3)c3ccc4c(c3)sc3ccccc34)ccc21. The third-order valence-electron chi connectivity index (χ3n) is 11.7. The maximum Gasteiger partial charge on any atom is 0.0476 e. The average molecular weight is 654 g/mol. The summed E-state index contributed by atoms with van der Waals surface area (Å²) < 4.78 is 2.66. The van der Waals surface area contributed by atoms with Gasteiger partial charge in [0.15, 0.2) is 0 Å². The number of hydrogen-bond acceptors (Lipinski definition) is 2. The van der Waals surface area contributed by atoms with Crippen molar-refractivity contribution < 1.29 is 0 Å². The van der Waals surface area contributed by atoms with E-state index in [9.17, 15) is 0 Å². The summed E-state index contributed by atoms with van der Waals surface area (Å²) in [6.07, 6.45) is 9.02. The Hall–Kier alpha value is -4.66. The van der Waals surface area contributed by atoms with Gasteiger partial charge in [-0.15, -0.1) is 11.3 Å². The first-order chi connectivity index (χ1) is 24.0. The molecule has 0 aliphatic heterocycles. The van der Waals surface area contributed by atoms with Gasteiger partial charge in [-0.25, -0.2) is 0 Å². The molecule has 6 aromatic carbocycles. The first-order valence-electron chi connectivity index (χ1n) is 18.1. The van der Waals surface area contributed by atoms with Crippen molar-refractivity contribution in [3.63, 3.8) is 0 Å². The van der Waals surface area contributed by atoms with Crippen molar-refractivity contribution in [1.29, 1.82) is 0 Å². The number of benzene rings is 6. The third kappa shape index (κ3) is 5.03. The molecule has 1 heterocycles. The van der Waals surface area contributed by atoms with Crippen molar-refractivity contribution in [2.24, 2.45) is 0 Å². The van der Waals surface area contributed by atoms with Gasteiger partial charge in [-0.1, -0.05) is 143 Å². The second-order valence-electron chi connectivity index (χ2n) is 14.8. The highest BCUT2D eigenvalue weighted by Crippen LogP contribution is 2.51. The molecule has 0 amide bonds. The van der Waals surface area contributed by atoms with Crippen LogP contribution in [0.15, 0.2) is 140 Å². The molecule has 0 atom stereocenters. The Morgan fingerprint density at radius 1 is 0.469 bits per heavy atom. The smallest absolute Gasteiger partial charge is 0.0476 e. The Kier molecular flexibility index (Phi) is 7.47. The highest BCUT2D eigenvalue weighted by molar-refractivity contribution is 7.25. The van der Waals surface area contributed by atoms with Crippen molar-refractivity contribution in [3.8, 4) is 11.1 Å². The van der Waals surface area contributed by atoms with Crippen LogP contribution in [0, 0.1) is 0 Å². The minimum absolute atomic E-state index is 0.0176. The highest BCUT2D eigenvalue weighted by Gasteiger charge is 2.36. The molecule has 2 heteroatoms. The molecule has 2 aliphatic carbocycles. The summed E-state index contributed by atoms with van der Waals surface area (Å²) in [4.78, 5) is 2.48. The van der Waals surface area contributed by atoms with Crippen LogP contribution in [0.5, 0.6) is 0 Å². The molecule has 1 nitrogen and oxygen atoms in total. The van der Waals surface area contributed by atoms with Crippen molar-refractivity contribution in [2.45, 2.75) is 69.6 Å². The van der Waals surface area contributed by atoms with E-state index < -0.39 is 0 Å². The second-order valence-corrected chi connectivity index (χ2v) is 15.9. The first kappa shape index (κ1) is 30.4. The molecule has 0 bridgehead atoms. The second kappa shape index (κ2) is 12.0. The fraction of sp³-hybridized carbons (Fsp3) is 0.234. The number of fused-ring (bicyclic) bond motifs is 6. The number of rotatable bonds is 5. The van der Waals surface area contributed by atoms with Crippen LogP contribution >= 0.6 is 11.3 Å². The lowest BCUT2D eigenvalue weighted by Gasteiger charge is -2.37. The maximum absolute atomic E-state index is 2.48. The average Bonchev–Trinajstić information content (AvgIpc) is 3.61. The predicted octanol–water partition coefficient (Wildman–Crippen LogP) is 13.9. The van der Waals surface area contributed by atoms with E-state index in [4.69, 9.17) is 0 Å². The highest BCUT2D eigenvalue weighted by atomic mass is 32.1. The molecule has 0 radical (unpaired) electrons. The third-order valence-corrected chi connectivity index (χ3v) is 12.8. The molecule has 0 saturated heterocycles. The molecule has 2 aliphatic rings. The molecule has 242 valence electrons. The molecule has 0 spiro atoms. The zero-order chi connectivity index (χ0) is 33.0. The standard InChI is InChI=1S/C47H43NS/c1-46(2)42-19-11-9-17-38(42)41-31-36(26-28-43(41)46)48(37-25-27-40-39-18-10-12-20-44(39)49-45(40)32-37)35-23-21-34(22-24-35)47(33-15-7-6-8-16-33)29-13-4-3-5-14-30-47/h6-12,15-28,31-32H,3-5,13-14,29-30H2,1-2H3.